The molecule has 1 atom stereocenters. The van der Waals surface area contributed by atoms with Crippen LogP contribution in [-0.4, -0.2) is 5.91 Å². The Morgan fingerprint density at radius 3 is 2.65 bits per heavy atom. The molecule has 1 unspecified atom stereocenters. The van der Waals surface area contributed by atoms with Crippen molar-refractivity contribution in [2.75, 3.05) is 5.32 Å². The van der Waals surface area contributed by atoms with Crippen LogP contribution in [0.5, 0.6) is 11.5 Å². The van der Waals surface area contributed by atoms with Gasteiger partial charge in [-0.2, -0.15) is 0 Å². The molecular weight excluding hydrogens is 327 g/mol. The predicted octanol–water partition coefficient (Wildman–Crippen LogP) is 3.33. The number of amides is 1. The molecular formula is C14H10BrFN2O2. The van der Waals surface area contributed by atoms with Crippen LogP contribution in [0.1, 0.15) is 11.6 Å². The third kappa shape index (κ3) is 2.28. The number of ether oxygens (including phenoxy) is 1. The highest BCUT2D eigenvalue weighted by Crippen LogP contribution is 2.34. The molecule has 0 saturated carbocycles. The van der Waals surface area contributed by atoms with E-state index in [1.807, 2.05) is 0 Å². The first-order valence-corrected chi connectivity index (χ1v) is 6.67. The monoisotopic (exact) mass is 336 g/mol. The normalized spacial score (nSPS) is 16.8. The van der Waals surface area contributed by atoms with Crippen LogP contribution in [0, 0.1) is 5.82 Å². The average Bonchev–Trinajstić information content (AvgIpc) is 2.69. The van der Waals surface area contributed by atoms with Gasteiger partial charge in [-0.3, -0.25) is 4.79 Å². The first-order chi connectivity index (χ1) is 9.54. The van der Waals surface area contributed by atoms with Crippen molar-refractivity contribution in [3.63, 3.8) is 0 Å². The van der Waals surface area contributed by atoms with Gasteiger partial charge in [0.1, 0.15) is 23.4 Å². The number of rotatable bonds is 2. The number of anilines is 1. The van der Waals surface area contributed by atoms with E-state index in [1.165, 1.54) is 18.2 Å². The fourth-order valence-electron chi connectivity index (χ4n) is 2.01. The lowest BCUT2D eigenvalue weighted by atomic mass is 10.1. The van der Waals surface area contributed by atoms with Crippen LogP contribution in [0.15, 0.2) is 40.9 Å². The van der Waals surface area contributed by atoms with Crippen LogP contribution in [0.3, 0.4) is 0 Å². The molecule has 2 aromatic rings. The summed E-state index contributed by atoms with van der Waals surface area (Å²) in [4.78, 5) is 11.5. The lowest BCUT2D eigenvalue weighted by Gasteiger charge is -2.08. The van der Waals surface area contributed by atoms with Gasteiger partial charge in [0.05, 0.1) is 4.47 Å². The van der Waals surface area contributed by atoms with Crippen molar-refractivity contribution < 1.29 is 13.9 Å². The third-order valence-electron chi connectivity index (χ3n) is 3.03. The molecule has 3 N–H and O–H groups in total. The van der Waals surface area contributed by atoms with E-state index in [0.29, 0.717) is 21.7 Å². The zero-order valence-electron chi connectivity index (χ0n) is 10.2. The summed E-state index contributed by atoms with van der Waals surface area (Å²) in [7, 11) is 0. The number of halogens is 2. The highest BCUT2D eigenvalue weighted by atomic mass is 79.9. The number of fused-ring (bicyclic) bond motifs is 1. The van der Waals surface area contributed by atoms with Gasteiger partial charge in [0, 0.05) is 17.3 Å². The van der Waals surface area contributed by atoms with Crippen molar-refractivity contribution >= 4 is 27.5 Å². The second kappa shape index (κ2) is 4.88. The maximum atomic E-state index is 13.1. The van der Waals surface area contributed by atoms with Crippen LogP contribution < -0.4 is 15.8 Å². The Balaban J connectivity index is 1.87. The van der Waals surface area contributed by atoms with Gasteiger partial charge in [-0.25, -0.2) is 4.39 Å². The van der Waals surface area contributed by atoms with Crippen molar-refractivity contribution in [1.29, 1.82) is 0 Å². The van der Waals surface area contributed by atoms with Crippen LogP contribution in [-0.2, 0) is 4.79 Å². The van der Waals surface area contributed by atoms with Gasteiger partial charge in [0.15, 0.2) is 0 Å². The molecule has 0 aliphatic carbocycles. The summed E-state index contributed by atoms with van der Waals surface area (Å²) in [6.45, 7) is 0. The van der Waals surface area contributed by atoms with E-state index >= 15 is 0 Å². The van der Waals surface area contributed by atoms with E-state index < -0.39 is 6.04 Å². The van der Waals surface area contributed by atoms with Crippen molar-refractivity contribution in [3.05, 3.63) is 52.3 Å². The molecule has 0 saturated heterocycles. The van der Waals surface area contributed by atoms with Crippen LogP contribution in [0.25, 0.3) is 0 Å². The second-order valence-corrected chi connectivity index (χ2v) is 5.25. The predicted molar refractivity (Wildman–Crippen MR) is 76.2 cm³/mol. The Kier molecular flexibility index (Phi) is 3.19. The van der Waals surface area contributed by atoms with E-state index in [9.17, 15) is 9.18 Å². The maximum absolute atomic E-state index is 13.1. The standard InChI is InChI=1S/C14H10BrFN2O2/c15-10-5-7(2-4-11(10)16)20-8-1-3-9-12(6-8)18-14(19)13(9)17/h1-6,13H,17H2,(H,18,19). The highest BCUT2D eigenvalue weighted by molar-refractivity contribution is 9.10. The first kappa shape index (κ1) is 13.1. The van der Waals surface area contributed by atoms with E-state index in [2.05, 4.69) is 21.2 Å². The van der Waals surface area contributed by atoms with Crippen LogP contribution >= 0.6 is 15.9 Å². The summed E-state index contributed by atoms with van der Waals surface area (Å²) in [5, 5.41) is 2.68. The highest BCUT2D eigenvalue weighted by Gasteiger charge is 2.27. The van der Waals surface area contributed by atoms with Crippen molar-refractivity contribution in [2.45, 2.75) is 6.04 Å². The Morgan fingerprint density at radius 2 is 1.90 bits per heavy atom. The first-order valence-electron chi connectivity index (χ1n) is 5.88. The second-order valence-electron chi connectivity index (χ2n) is 4.39. The fraction of sp³-hybridized carbons (Fsp3) is 0.0714. The lowest BCUT2D eigenvalue weighted by molar-refractivity contribution is -0.116. The zero-order valence-corrected chi connectivity index (χ0v) is 11.8. The Hall–Kier alpha value is -1.92. The van der Waals surface area contributed by atoms with Gasteiger partial charge in [-0.1, -0.05) is 6.07 Å². The van der Waals surface area contributed by atoms with Crippen molar-refractivity contribution in [3.8, 4) is 11.5 Å². The SMILES string of the molecule is NC1C(=O)Nc2cc(Oc3ccc(F)c(Br)c3)ccc21. The minimum Gasteiger partial charge on any atom is -0.457 e. The molecule has 3 rings (SSSR count). The van der Waals surface area contributed by atoms with Gasteiger partial charge in [-0.05, 0) is 40.2 Å². The zero-order chi connectivity index (χ0) is 14.3. The lowest BCUT2D eigenvalue weighted by Crippen LogP contribution is -2.19. The summed E-state index contributed by atoms with van der Waals surface area (Å²) in [6, 6.07) is 8.88. The van der Waals surface area contributed by atoms with E-state index in [4.69, 9.17) is 10.5 Å². The molecule has 6 heteroatoms. The number of hydrogen-bond donors (Lipinski definition) is 2. The van der Waals surface area contributed by atoms with Crippen LogP contribution in [0.2, 0.25) is 0 Å². The minimum absolute atomic E-state index is 0.235. The minimum atomic E-state index is -0.640. The van der Waals surface area contributed by atoms with E-state index in [1.54, 1.807) is 18.2 Å². The molecule has 1 heterocycles. The van der Waals surface area contributed by atoms with E-state index in [0.717, 1.165) is 5.56 Å². The summed E-state index contributed by atoms with van der Waals surface area (Å²) in [6.07, 6.45) is 0. The Bertz CT molecular complexity index is 706. The number of carbonyl (C=O) groups is 1. The van der Waals surface area contributed by atoms with Gasteiger partial charge in [-0.15, -0.1) is 0 Å². The van der Waals surface area contributed by atoms with E-state index in [-0.39, 0.29) is 11.7 Å². The smallest absolute Gasteiger partial charge is 0.245 e. The fourth-order valence-corrected chi connectivity index (χ4v) is 2.36. The number of carbonyl (C=O) groups excluding carboxylic acids is 1. The van der Waals surface area contributed by atoms with Crippen molar-refractivity contribution in [2.24, 2.45) is 5.73 Å². The summed E-state index contributed by atoms with van der Waals surface area (Å²) in [5.74, 6) is 0.440. The molecule has 1 aliphatic rings. The number of hydrogen-bond acceptors (Lipinski definition) is 3. The largest absolute Gasteiger partial charge is 0.457 e. The molecule has 102 valence electrons. The molecule has 0 fully saturated rings. The number of nitrogens with one attached hydrogen (secondary N) is 1. The molecule has 0 bridgehead atoms. The molecule has 4 nitrogen and oxygen atoms in total. The molecule has 0 aromatic heterocycles. The molecule has 1 aliphatic heterocycles. The molecule has 1 amide bonds. The van der Waals surface area contributed by atoms with Crippen molar-refractivity contribution in [1.82, 2.24) is 0 Å². The molecule has 0 radical (unpaired) electrons. The summed E-state index contributed by atoms with van der Waals surface area (Å²) >= 11 is 3.10. The van der Waals surface area contributed by atoms with Gasteiger partial charge in [0.25, 0.3) is 0 Å². The average molecular weight is 337 g/mol. The summed E-state index contributed by atoms with van der Waals surface area (Å²) < 4.78 is 19.1. The Labute approximate surface area is 122 Å². The summed E-state index contributed by atoms with van der Waals surface area (Å²) in [5.41, 5.74) is 7.11. The maximum Gasteiger partial charge on any atom is 0.245 e. The molecule has 0 spiro atoms. The van der Waals surface area contributed by atoms with Gasteiger partial charge >= 0.3 is 0 Å². The number of nitrogens with two attached hydrogens (primary N) is 1. The third-order valence-corrected chi connectivity index (χ3v) is 3.63. The van der Waals surface area contributed by atoms with Crippen LogP contribution in [0.4, 0.5) is 10.1 Å². The molecule has 2 aromatic carbocycles. The molecule has 20 heavy (non-hydrogen) atoms. The quantitative estimate of drug-likeness (QED) is 0.884. The Morgan fingerprint density at radius 1 is 1.20 bits per heavy atom. The number of benzene rings is 2. The topological polar surface area (TPSA) is 64.4 Å². The van der Waals surface area contributed by atoms with Gasteiger partial charge < -0.3 is 15.8 Å². The van der Waals surface area contributed by atoms with Gasteiger partial charge in [0.2, 0.25) is 5.91 Å².